The Morgan fingerprint density at radius 3 is 2.87 bits per heavy atom. The molecule has 1 unspecified atom stereocenters. The van der Waals surface area contributed by atoms with Crippen molar-refractivity contribution in [3.8, 4) is 0 Å². The van der Waals surface area contributed by atoms with E-state index in [2.05, 4.69) is 17.3 Å². The highest BCUT2D eigenvalue weighted by molar-refractivity contribution is 5.81. The quantitative estimate of drug-likeness (QED) is 0.582. The number of carbonyl (C=O) groups is 1. The summed E-state index contributed by atoms with van der Waals surface area (Å²) in [4.78, 5) is 13.6. The first-order valence-electron chi connectivity index (χ1n) is 5.37. The van der Waals surface area contributed by atoms with Crippen LogP contribution in [0.5, 0.6) is 0 Å². The van der Waals surface area contributed by atoms with Gasteiger partial charge in [-0.1, -0.05) is 0 Å². The summed E-state index contributed by atoms with van der Waals surface area (Å²) in [5.74, 6) is -0.138. The second-order valence-corrected chi connectivity index (χ2v) is 4.06. The SMILES string of the molecule is COCC(N)C(=O)NCCN(C)C1CC1. The lowest BCUT2D eigenvalue weighted by Gasteiger charge is -2.17. The lowest BCUT2D eigenvalue weighted by Crippen LogP contribution is -2.45. The molecule has 1 saturated carbocycles. The van der Waals surface area contributed by atoms with Gasteiger partial charge in [-0.3, -0.25) is 4.79 Å². The number of carbonyl (C=O) groups excluding carboxylic acids is 1. The third kappa shape index (κ3) is 4.59. The highest BCUT2D eigenvalue weighted by atomic mass is 16.5. The zero-order chi connectivity index (χ0) is 11.3. The Bertz CT molecular complexity index is 207. The van der Waals surface area contributed by atoms with E-state index in [9.17, 15) is 4.79 Å². The normalized spacial score (nSPS) is 17.9. The molecule has 88 valence electrons. The Labute approximate surface area is 90.9 Å². The van der Waals surface area contributed by atoms with E-state index in [0.717, 1.165) is 12.6 Å². The van der Waals surface area contributed by atoms with E-state index in [-0.39, 0.29) is 12.5 Å². The summed E-state index contributed by atoms with van der Waals surface area (Å²) in [6.45, 7) is 1.81. The van der Waals surface area contributed by atoms with Gasteiger partial charge >= 0.3 is 0 Å². The predicted octanol–water partition coefficient (Wildman–Crippen LogP) is -0.829. The van der Waals surface area contributed by atoms with Gasteiger partial charge < -0.3 is 20.7 Å². The average Bonchev–Trinajstić information content (AvgIpc) is 3.00. The van der Waals surface area contributed by atoms with E-state index < -0.39 is 6.04 Å². The van der Waals surface area contributed by atoms with E-state index in [4.69, 9.17) is 10.5 Å². The van der Waals surface area contributed by atoms with Crippen molar-refractivity contribution in [1.82, 2.24) is 10.2 Å². The fourth-order valence-corrected chi connectivity index (χ4v) is 1.44. The largest absolute Gasteiger partial charge is 0.383 e. The van der Waals surface area contributed by atoms with Crippen molar-refractivity contribution in [1.29, 1.82) is 0 Å². The van der Waals surface area contributed by atoms with Crippen LogP contribution in [0.3, 0.4) is 0 Å². The molecule has 1 rings (SSSR count). The third-order valence-electron chi connectivity index (χ3n) is 2.62. The molecule has 1 aliphatic rings. The van der Waals surface area contributed by atoms with E-state index >= 15 is 0 Å². The standard InChI is InChI=1S/C10H21N3O2/c1-13(8-3-4-8)6-5-12-10(14)9(11)7-15-2/h8-9H,3-7,11H2,1-2H3,(H,12,14). The topological polar surface area (TPSA) is 67.6 Å². The van der Waals surface area contributed by atoms with Gasteiger partial charge in [0.25, 0.3) is 0 Å². The van der Waals surface area contributed by atoms with E-state index in [1.54, 1.807) is 0 Å². The maximum atomic E-state index is 11.4. The third-order valence-corrected chi connectivity index (χ3v) is 2.62. The van der Waals surface area contributed by atoms with Gasteiger partial charge in [0.1, 0.15) is 6.04 Å². The van der Waals surface area contributed by atoms with Crippen LogP contribution in [0, 0.1) is 0 Å². The zero-order valence-electron chi connectivity index (χ0n) is 9.53. The number of ether oxygens (including phenoxy) is 1. The zero-order valence-corrected chi connectivity index (χ0v) is 9.53. The van der Waals surface area contributed by atoms with Gasteiger partial charge in [-0.2, -0.15) is 0 Å². The summed E-state index contributed by atoms with van der Waals surface area (Å²) in [5, 5.41) is 2.80. The molecule has 5 heteroatoms. The molecule has 0 aliphatic heterocycles. The Hall–Kier alpha value is -0.650. The second-order valence-electron chi connectivity index (χ2n) is 4.06. The van der Waals surface area contributed by atoms with Crippen LogP contribution < -0.4 is 11.1 Å². The van der Waals surface area contributed by atoms with Gasteiger partial charge in [-0.15, -0.1) is 0 Å². The first-order chi connectivity index (χ1) is 7.15. The van der Waals surface area contributed by atoms with Gasteiger partial charge in [0.15, 0.2) is 0 Å². The smallest absolute Gasteiger partial charge is 0.239 e. The van der Waals surface area contributed by atoms with Crippen LogP contribution >= 0.6 is 0 Å². The molecule has 3 N–H and O–H groups in total. The van der Waals surface area contributed by atoms with Crippen LogP contribution in [-0.4, -0.2) is 56.7 Å². The number of rotatable bonds is 7. The Kier molecular flexibility index (Phi) is 5.01. The lowest BCUT2D eigenvalue weighted by molar-refractivity contribution is -0.123. The minimum atomic E-state index is -0.554. The molecule has 0 aromatic carbocycles. The summed E-state index contributed by atoms with van der Waals surface area (Å²) in [6, 6.07) is 0.177. The summed E-state index contributed by atoms with van der Waals surface area (Å²) in [5.41, 5.74) is 5.57. The molecule has 0 saturated heterocycles. The van der Waals surface area contributed by atoms with E-state index in [1.165, 1.54) is 20.0 Å². The maximum absolute atomic E-state index is 11.4. The van der Waals surface area contributed by atoms with Crippen molar-refractivity contribution < 1.29 is 9.53 Å². The minimum absolute atomic E-state index is 0.138. The fraction of sp³-hybridized carbons (Fsp3) is 0.900. The number of hydrogen-bond acceptors (Lipinski definition) is 4. The summed E-state index contributed by atoms with van der Waals surface area (Å²) in [6.07, 6.45) is 2.57. The number of methoxy groups -OCH3 is 1. The molecule has 0 heterocycles. The molecule has 0 bridgehead atoms. The van der Waals surface area contributed by atoms with Crippen LogP contribution in [0.1, 0.15) is 12.8 Å². The molecule has 0 aromatic heterocycles. The van der Waals surface area contributed by atoms with Crippen LogP contribution in [0.2, 0.25) is 0 Å². The van der Waals surface area contributed by atoms with Crippen LogP contribution in [0.15, 0.2) is 0 Å². The first-order valence-corrected chi connectivity index (χ1v) is 5.37. The van der Waals surface area contributed by atoms with Crippen molar-refractivity contribution in [3.63, 3.8) is 0 Å². The van der Waals surface area contributed by atoms with Gasteiger partial charge in [0.05, 0.1) is 6.61 Å². The molecule has 1 atom stereocenters. The van der Waals surface area contributed by atoms with Crippen molar-refractivity contribution >= 4 is 5.91 Å². The molecular formula is C10H21N3O2. The maximum Gasteiger partial charge on any atom is 0.239 e. The second kappa shape index (κ2) is 6.05. The molecule has 15 heavy (non-hydrogen) atoms. The molecule has 0 radical (unpaired) electrons. The summed E-state index contributed by atoms with van der Waals surface area (Å²) in [7, 11) is 3.62. The molecule has 5 nitrogen and oxygen atoms in total. The Balaban J connectivity index is 2.05. The van der Waals surface area contributed by atoms with Gasteiger partial charge in [0, 0.05) is 26.2 Å². The van der Waals surface area contributed by atoms with Crippen molar-refractivity contribution in [2.24, 2.45) is 5.73 Å². The molecule has 0 spiro atoms. The van der Waals surface area contributed by atoms with Crippen LogP contribution in [-0.2, 0) is 9.53 Å². The predicted molar refractivity (Wildman–Crippen MR) is 58.5 cm³/mol. The summed E-state index contributed by atoms with van der Waals surface area (Å²) >= 11 is 0. The molecule has 0 aromatic rings. The molecular weight excluding hydrogens is 194 g/mol. The van der Waals surface area contributed by atoms with E-state index in [1.807, 2.05) is 0 Å². The van der Waals surface area contributed by atoms with Gasteiger partial charge in [0.2, 0.25) is 5.91 Å². The van der Waals surface area contributed by atoms with Gasteiger partial charge in [-0.25, -0.2) is 0 Å². The number of likely N-dealkylation sites (N-methyl/N-ethyl adjacent to an activating group) is 1. The monoisotopic (exact) mass is 215 g/mol. The number of nitrogens with zero attached hydrogens (tertiary/aromatic N) is 1. The Morgan fingerprint density at radius 2 is 2.33 bits per heavy atom. The molecule has 1 fully saturated rings. The number of nitrogens with one attached hydrogen (secondary N) is 1. The van der Waals surface area contributed by atoms with Crippen molar-refractivity contribution in [2.75, 3.05) is 33.9 Å². The Morgan fingerprint density at radius 1 is 1.67 bits per heavy atom. The summed E-state index contributed by atoms with van der Waals surface area (Å²) < 4.78 is 4.80. The van der Waals surface area contributed by atoms with E-state index in [0.29, 0.717) is 6.54 Å². The fourth-order valence-electron chi connectivity index (χ4n) is 1.44. The van der Waals surface area contributed by atoms with Crippen molar-refractivity contribution in [2.45, 2.75) is 24.9 Å². The highest BCUT2D eigenvalue weighted by Crippen LogP contribution is 2.24. The van der Waals surface area contributed by atoms with Crippen LogP contribution in [0.4, 0.5) is 0 Å². The molecule has 1 aliphatic carbocycles. The lowest BCUT2D eigenvalue weighted by atomic mass is 10.3. The van der Waals surface area contributed by atoms with Crippen LogP contribution in [0.25, 0.3) is 0 Å². The van der Waals surface area contributed by atoms with Crippen molar-refractivity contribution in [3.05, 3.63) is 0 Å². The number of hydrogen-bond donors (Lipinski definition) is 2. The number of nitrogens with two attached hydrogens (primary N) is 1. The first kappa shape index (κ1) is 12.4. The minimum Gasteiger partial charge on any atom is -0.383 e. The number of amides is 1. The molecule has 1 amide bonds. The highest BCUT2D eigenvalue weighted by Gasteiger charge is 2.25. The van der Waals surface area contributed by atoms with Gasteiger partial charge in [-0.05, 0) is 19.9 Å². The average molecular weight is 215 g/mol.